The highest BCUT2D eigenvalue weighted by atomic mass is 16.5. The van der Waals surface area contributed by atoms with Gasteiger partial charge in [0.05, 0.1) is 7.11 Å². The Labute approximate surface area is 95.6 Å². The summed E-state index contributed by atoms with van der Waals surface area (Å²) in [6, 6.07) is 0. The van der Waals surface area contributed by atoms with Gasteiger partial charge in [-0.25, -0.2) is 15.8 Å². The van der Waals surface area contributed by atoms with Gasteiger partial charge in [-0.15, -0.1) is 0 Å². The summed E-state index contributed by atoms with van der Waals surface area (Å²) in [5.74, 6) is 7.58. The second kappa shape index (κ2) is 6.12. The molecular formula is C10H19N5O. The monoisotopic (exact) mass is 225 g/mol. The average Bonchev–Trinajstić information content (AvgIpc) is 2.34. The largest absolute Gasteiger partial charge is 0.490 e. The summed E-state index contributed by atoms with van der Waals surface area (Å²) in [6.45, 7) is 5.16. The third-order valence-corrected chi connectivity index (χ3v) is 2.46. The number of rotatable bonds is 6. The summed E-state index contributed by atoms with van der Waals surface area (Å²) in [5, 5.41) is 3.22. The Hall–Kier alpha value is -1.56. The molecule has 0 spiro atoms. The van der Waals surface area contributed by atoms with Crippen LogP contribution in [0.2, 0.25) is 0 Å². The first-order valence-electron chi connectivity index (χ1n) is 5.32. The topological polar surface area (TPSA) is 85.1 Å². The first kappa shape index (κ1) is 12.5. The van der Waals surface area contributed by atoms with Gasteiger partial charge in [-0.05, 0) is 5.92 Å². The van der Waals surface area contributed by atoms with Crippen LogP contribution in [0.4, 0.5) is 11.6 Å². The number of methoxy groups -OCH3 is 1. The van der Waals surface area contributed by atoms with Crippen molar-refractivity contribution in [2.75, 3.05) is 24.4 Å². The molecule has 6 nitrogen and oxygen atoms in total. The Morgan fingerprint density at radius 2 is 2.12 bits per heavy atom. The fraction of sp³-hybridized carbons (Fsp3) is 0.600. The Balaban J connectivity index is 2.78. The molecule has 1 heterocycles. The van der Waals surface area contributed by atoms with E-state index in [1.165, 1.54) is 6.33 Å². The maximum Gasteiger partial charge on any atom is 0.205 e. The van der Waals surface area contributed by atoms with Gasteiger partial charge in [0.25, 0.3) is 0 Å². The standard InChI is InChI=1S/C10H19N5O/c1-4-7(2)5-12-9-8(16-3)10(15-11)14-6-13-9/h6-7H,4-5,11H2,1-3H3,(H2,12,13,14,15). The van der Waals surface area contributed by atoms with Crippen LogP contribution in [0.15, 0.2) is 6.33 Å². The minimum atomic E-state index is 0.476. The van der Waals surface area contributed by atoms with E-state index in [9.17, 15) is 0 Å². The van der Waals surface area contributed by atoms with Crippen LogP contribution in [0.1, 0.15) is 20.3 Å². The van der Waals surface area contributed by atoms with Gasteiger partial charge in [-0.2, -0.15) is 0 Å². The van der Waals surface area contributed by atoms with Crippen LogP contribution in [-0.2, 0) is 0 Å². The van der Waals surface area contributed by atoms with Gasteiger partial charge in [-0.3, -0.25) is 0 Å². The van der Waals surface area contributed by atoms with Crippen LogP contribution in [0.3, 0.4) is 0 Å². The Morgan fingerprint density at radius 3 is 2.69 bits per heavy atom. The quantitative estimate of drug-likeness (QED) is 0.499. The molecule has 0 bridgehead atoms. The Kier molecular flexibility index (Phi) is 4.78. The average molecular weight is 225 g/mol. The lowest BCUT2D eigenvalue weighted by Crippen LogP contribution is -2.15. The number of nitrogens with zero attached hydrogens (tertiary/aromatic N) is 2. The van der Waals surface area contributed by atoms with Crippen molar-refractivity contribution in [2.24, 2.45) is 11.8 Å². The molecule has 90 valence electrons. The van der Waals surface area contributed by atoms with Gasteiger partial charge >= 0.3 is 0 Å². The number of ether oxygens (including phenoxy) is 1. The smallest absolute Gasteiger partial charge is 0.205 e. The van der Waals surface area contributed by atoms with Crippen LogP contribution >= 0.6 is 0 Å². The van der Waals surface area contributed by atoms with Crippen molar-refractivity contribution < 1.29 is 4.74 Å². The van der Waals surface area contributed by atoms with E-state index in [4.69, 9.17) is 10.6 Å². The summed E-state index contributed by atoms with van der Waals surface area (Å²) in [6.07, 6.45) is 2.55. The SMILES string of the molecule is CCC(C)CNc1ncnc(NN)c1OC. The number of aromatic nitrogens is 2. The van der Waals surface area contributed by atoms with Gasteiger partial charge in [0.1, 0.15) is 6.33 Å². The summed E-state index contributed by atoms with van der Waals surface area (Å²) in [4.78, 5) is 8.09. The van der Waals surface area contributed by atoms with Crippen LogP contribution in [-0.4, -0.2) is 23.6 Å². The summed E-state index contributed by atoms with van der Waals surface area (Å²) >= 11 is 0. The van der Waals surface area contributed by atoms with E-state index in [0.717, 1.165) is 13.0 Å². The molecule has 1 unspecified atom stereocenters. The molecule has 0 saturated carbocycles. The van der Waals surface area contributed by atoms with Crippen molar-refractivity contribution in [2.45, 2.75) is 20.3 Å². The molecular weight excluding hydrogens is 206 g/mol. The van der Waals surface area contributed by atoms with Crippen molar-refractivity contribution in [1.29, 1.82) is 0 Å². The lowest BCUT2D eigenvalue weighted by Gasteiger charge is -2.14. The normalized spacial score (nSPS) is 12.0. The maximum atomic E-state index is 5.33. The first-order chi connectivity index (χ1) is 7.72. The number of nitrogens with two attached hydrogens (primary N) is 1. The third kappa shape index (κ3) is 2.96. The summed E-state index contributed by atoms with van der Waals surface area (Å²) < 4.78 is 5.20. The molecule has 0 aromatic carbocycles. The number of nitrogen functional groups attached to an aromatic ring is 1. The Bertz CT molecular complexity index is 331. The molecule has 0 radical (unpaired) electrons. The van der Waals surface area contributed by atoms with Crippen LogP contribution in [0.25, 0.3) is 0 Å². The molecule has 16 heavy (non-hydrogen) atoms. The second-order valence-electron chi connectivity index (χ2n) is 3.64. The van der Waals surface area contributed by atoms with Crippen molar-refractivity contribution in [3.8, 4) is 5.75 Å². The van der Waals surface area contributed by atoms with Gasteiger partial charge in [-0.1, -0.05) is 20.3 Å². The van der Waals surface area contributed by atoms with E-state index in [2.05, 4.69) is 34.6 Å². The van der Waals surface area contributed by atoms with Crippen molar-refractivity contribution >= 4 is 11.6 Å². The maximum absolute atomic E-state index is 5.33. The molecule has 0 amide bonds. The number of nitrogens with one attached hydrogen (secondary N) is 2. The molecule has 1 rings (SSSR count). The first-order valence-corrected chi connectivity index (χ1v) is 5.32. The van der Waals surface area contributed by atoms with E-state index in [0.29, 0.717) is 23.3 Å². The molecule has 6 heteroatoms. The third-order valence-electron chi connectivity index (χ3n) is 2.46. The zero-order valence-electron chi connectivity index (χ0n) is 9.95. The zero-order valence-corrected chi connectivity index (χ0v) is 9.95. The van der Waals surface area contributed by atoms with Crippen molar-refractivity contribution in [1.82, 2.24) is 9.97 Å². The summed E-state index contributed by atoms with van der Waals surface area (Å²) in [5.41, 5.74) is 2.47. The molecule has 1 atom stereocenters. The van der Waals surface area contributed by atoms with E-state index in [1.807, 2.05) is 0 Å². The number of hydrazine groups is 1. The highest BCUT2D eigenvalue weighted by Crippen LogP contribution is 2.28. The predicted molar refractivity (Wildman–Crippen MR) is 64.3 cm³/mol. The Morgan fingerprint density at radius 1 is 1.44 bits per heavy atom. The molecule has 1 aromatic rings. The van der Waals surface area contributed by atoms with Gasteiger partial charge < -0.3 is 15.5 Å². The molecule has 0 saturated heterocycles. The number of anilines is 2. The van der Waals surface area contributed by atoms with Crippen LogP contribution in [0, 0.1) is 5.92 Å². The van der Waals surface area contributed by atoms with E-state index >= 15 is 0 Å². The van der Waals surface area contributed by atoms with Crippen LogP contribution in [0.5, 0.6) is 5.75 Å². The van der Waals surface area contributed by atoms with Crippen LogP contribution < -0.4 is 21.3 Å². The fourth-order valence-electron chi connectivity index (χ4n) is 1.21. The molecule has 4 N–H and O–H groups in total. The van der Waals surface area contributed by atoms with E-state index < -0.39 is 0 Å². The molecule has 0 aliphatic carbocycles. The predicted octanol–water partition coefficient (Wildman–Crippen LogP) is 1.23. The lowest BCUT2D eigenvalue weighted by molar-refractivity contribution is 0.414. The van der Waals surface area contributed by atoms with Crippen molar-refractivity contribution in [3.63, 3.8) is 0 Å². The minimum absolute atomic E-state index is 0.476. The number of hydrogen-bond acceptors (Lipinski definition) is 6. The number of hydrogen-bond donors (Lipinski definition) is 3. The van der Waals surface area contributed by atoms with E-state index in [-0.39, 0.29) is 0 Å². The van der Waals surface area contributed by atoms with Crippen molar-refractivity contribution in [3.05, 3.63) is 6.33 Å². The molecule has 0 aliphatic heterocycles. The van der Waals surface area contributed by atoms with Gasteiger partial charge in [0, 0.05) is 6.54 Å². The summed E-state index contributed by atoms with van der Waals surface area (Å²) in [7, 11) is 1.56. The minimum Gasteiger partial charge on any atom is -0.490 e. The van der Waals surface area contributed by atoms with Gasteiger partial charge in [0.15, 0.2) is 11.6 Å². The molecule has 0 fully saturated rings. The second-order valence-corrected chi connectivity index (χ2v) is 3.64. The molecule has 0 aliphatic rings. The highest BCUT2D eigenvalue weighted by molar-refractivity contribution is 5.62. The fourth-order valence-corrected chi connectivity index (χ4v) is 1.21. The van der Waals surface area contributed by atoms with Gasteiger partial charge in [0.2, 0.25) is 5.75 Å². The highest BCUT2D eigenvalue weighted by Gasteiger charge is 2.11. The lowest BCUT2D eigenvalue weighted by atomic mass is 10.1. The zero-order chi connectivity index (χ0) is 12.0. The molecule has 1 aromatic heterocycles. The van der Waals surface area contributed by atoms with E-state index in [1.54, 1.807) is 7.11 Å².